The van der Waals surface area contributed by atoms with Gasteiger partial charge >= 0.3 is 0 Å². The van der Waals surface area contributed by atoms with Gasteiger partial charge in [-0.25, -0.2) is 0 Å². The van der Waals surface area contributed by atoms with E-state index in [0.29, 0.717) is 51.4 Å². The van der Waals surface area contributed by atoms with Gasteiger partial charge in [0.2, 0.25) is 0 Å². The van der Waals surface area contributed by atoms with E-state index in [1.807, 2.05) is 26.0 Å². The average molecular weight is 373 g/mol. The van der Waals surface area contributed by atoms with Crippen LogP contribution in [0.5, 0.6) is 0 Å². The van der Waals surface area contributed by atoms with E-state index in [0.717, 1.165) is 0 Å². The number of para-hydroxylation sites is 1. The molecule has 3 aromatic rings. The Morgan fingerprint density at radius 1 is 1.25 bits per heavy atom. The summed E-state index contributed by atoms with van der Waals surface area (Å²) < 4.78 is 7.51. The molecule has 1 aliphatic rings. The largest absolute Gasteiger partial charge is 0.461 e. The number of benzene rings is 1. The standard InChI is InChI=1S/C22H19N3O3/c1-4-25-9-8-17-20(22(25)27)19(16(11-23)13(3)24-17)15-7-5-6-14-18(26)10-12(2)28-21(14)15/h5-10,19,24H,4H2,1-3H3. The highest BCUT2D eigenvalue weighted by molar-refractivity contribution is 5.83. The molecule has 1 aliphatic heterocycles. The van der Waals surface area contributed by atoms with Gasteiger partial charge in [-0.3, -0.25) is 9.59 Å². The van der Waals surface area contributed by atoms with Crippen LogP contribution in [0.2, 0.25) is 0 Å². The van der Waals surface area contributed by atoms with E-state index in [2.05, 4.69) is 11.4 Å². The molecule has 0 radical (unpaired) electrons. The van der Waals surface area contributed by atoms with E-state index in [4.69, 9.17) is 4.42 Å². The molecule has 3 heterocycles. The van der Waals surface area contributed by atoms with Crippen LogP contribution >= 0.6 is 0 Å². The zero-order chi connectivity index (χ0) is 20.0. The molecule has 4 rings (SSSR count). The highest BCUT2D eigenvalue weighted by atomic mass is 16.3. The maximum Gasteiger partial charge on any atom is 0.256 e. The molecule has 0 saturated heterocycles. The normalized spacial score (nSPS) is 15.9. The van der Waals surface area contributed by atoms with Crippen molar-refractivity contribution in [2.24, 2.45) is 0 Å². The molecule has 140 valence electrons. The number of hydrogen-bond donors (Lipinski definition) is 1. The van der Waals surface area contributed by atoms with E-state index in [1.165, 1.54) is 6.07 Å². The fourth-order valence-electron chi connectivity index (χ4n) is 3.86. The van der Waals surface area contributed by atoms with Crippen LogP contribution in [-0.4, -0.2) is 4.57 Å². The SMILES string of the molecule is CCn1ccc2c(c1=O)C(c1cccc3c(=O)cc(C)oc13)C(C#N)=C(C)N2. The van der Waals surface area contributed by atoms with Gasteiger partial charge in [0.05, 0.1) is 28.5 Å². The van der Waals surface area contributed by atoms with Crippen molar-refractivity contribution in [3.8, 4) is 6.07 Å². The molecule has 6 heteroatoms. The molecular formula is C22H19N3O3. The summed E-state index contributed by atoms with van der Waals surface area (Å²) in [6.07, 6.45) is 1.74. The monoisotopic (exact) mass is 373 g/mol. The van der Waals surface area contributed by atoms with E-state index in [1.54, 1.807) is 29.8 Å². The van der Waals surface area contributed by atoms with Crippen molar-refractivity contribution in [1.82, 2.24) is 4.57 Å². The van der Waals surface area contributed by atoms with Crippen molar-refractivity contribution in [3.05, 3.63) is 85.3 Å². The molecular weight excluding hydrogens is 354 g/mol. The number of nitrogens with one attached hydrogen (secondary N) is 1. The highest BCUT2D eigenvalue weighted by Crippen LogP contribution is 2.41. The Hall–Kier alpha value is -3.59. The lowest BCUT2D eigenvalue weighted by Gasteiger charge is -2.28. The van der Waals surface area contributed by atoms with Crippen LogP contribution in [0.25, 0.3) is 11.0 Å². The summed E-state index contributed by atoms with van der Waals surface area (Å²) in [7, 11) is 0. The smallest absolute Gasteiger partial charge is 0.256 e. The molecule has 28 heavy (non-hydrogen) atoms. The van der Waals surface area contributed by atoms with Crippen LogP contribution in [0.1, 0.15) is 36.7 Å². The van der Waals surface area contributed by atoms with Crippen LogP contribution in [0, 0.1) is 18.3 Å². The Bertz CT molecular complexity index is 1310. The zero-order valence-corrected chi connectivity index (χ0v) is 15.9. The van der Waals surface area contributed by atoms with Crippen molar-refractivity contribution >= 4 is 16.7 Å². The number of nitriles is 1. The quantitative estimate of drug-likeness (QED) is 0.741. The Morgan fingerprint density at radius 2 is 2.04 bits per heavy atom. The number of aryl methyl sites for hydroxylation is 2. The molecule has 1 aromatic carbocycles. The van der Waals surface area contributed by atoms with Gasteiger partial charge in [0, 0.05) is 35.8 Å². The van der Waals surface area contributed by atoms with Crippen molar-refractivity contribution in [1.29, 1.82) is 5.26 Å². The number of hydrogen-bond acceptors (Lipinski definition) is 5. The van der Waals surface area contributed by atoms with Gasteiger partial charge in [0.25, 0.3) is 5.56 Å². The first-order valence-corrected chi connectivity index (χ1v) is 9.10. The first kappa shape index (κ1) is 17.8. The van der Waals surface area contributed by atoms with E-state index >= 15 is 0 Å². The Kier molecular flexibility index (Phi) is 4.16. The molecule has 6 nitrogen and oxygen atoms in total. The van der Waals surface area contributed by atoms with Crippen LogP contribution in [0.4, 0.5) is 5.69 Å². The Morgan fingerprint density at radius 3 is 2.75 bits per heavy atom. The van der Waals surface area contributed by atoms with Gasteiger partial charge in [-0.15, -0.1) is 0 Å². The van der Waals surface area contributed by atoms with Crippen LogP contribution in [0.3, 0.4) is 0 Å². The van der Waals surface area contributed by atoms with E-state index in [-0.39, 0.29) is 11.0 Å². The van der Waals surface area contributed by atoms with E-state index < -0.39 is 5.92 Å². The van der Waals surface area contributed by atoms with Gasteiger partial charge in [0.15, 0.2) is 5.43 Å². The average Bonchev–Trinajstić information content (AvgIpc) is 2.67. The molecule has 0 fully saturated rings. The van der Waals surface area contributed by atoms with Gasteiger partial charge in [0.1, 0.15) is 11.3 Å². The molecule has 0 bridgehead atoms. The molecule has 0 saturated carbocycles. The second kappa shape index (κ2) is 6.54. The molecule has 1 N–H and O–H groups in total. The van der Waals surface area contributed by atoms with Crippen molar-refractivity contribution in [2.45, 2.75) is 33.2 Å². The van der Waals surface area contributed by atoms with Crippen LogP contribution < -0.4 is 16.3 Å². The molecule has 2 aromatic heterocycles. The lowest BCUT2D eigenvalue weighted by atomic mass is 9.81. The fraction of sp³-hybridized carbons (Fsp3) is 0.227. The Balaban J connectivity index is 2.14. The summed E-state index contributed by atoms with van der Waals surface area (Å²) in [6.45, 7) is 5.94. The predicted octanol–water partition coefficient (Wildman–Crippen LogP) is 3.64. The fourth-order valence-corrected chi connectivity index (χ4v) is 3.86. The summed E-state index contributed by atoms with van der Waals surface area (Å²) in [6, 6.07) is 10.8. The zero-order valence-electron chi connectivity index (χ0n) is 15.9. The summed E-state index contributed by atoms with van der Waals surface area (Å²) in [5, 5.41) is 13.5. The summed E-state index contributed by atoms with van der Waals surface area (Å²) >= 11 is 0. The van der Waals surface area contributed by atoms with Gasteiger partial charge in [-0.1, -0.05) is 12.1 Å². The third-order valence-electron chi connectivity index (χ3n) is 5.19. The van der Waals surface area contributed by atoms with Gasteiger partial charge in [-0.05, 0) is 32.9 Å². The summed E-state index contributed by atoms with van der Waals surface area (Å²) in [5.74, 6) is -0.126. The first-order chi connectivity index (χ1) is 13.5. The third-order valence-corrected chi connectivity index (χ3v) is 5.19. The Labute approximate surface area is 161 Å². The number of pyridine rings is 1. The number of allylic oxidation sites excluding steroid dienone is 2. The minimum atomic E-state index is -0.610. The maximum absolute atomic E-state index is 13.2. The third kappa shape index (κ3) is 2.55. The van der Waals surface area contributed by atoms with Crippen LogP contribution in [-0.2, 0) is 6.54 Å². The topological polar surface area (TPSA) is 88.0 Å². The second-order valence-electron chi connectivity index (χ2n) is 6.89. The lowest BCUT2D eigenvalue weighted by molar-refractivity contribution is 0.559. The van der Waals surface area contributed by atoms with Gasteiger partial charge in [-0.2, -0.15) is 5.26 Å². The summed E-state index contributed by atoms with van der Waals surface area (Å²) in [5.41, 5.74) is 3.03. The number of nitrogens with zero attached hydrogens (tertiary/aromatic N) is 2. The van der Waals surface area contributed by atoms with Crippen molar-refractivity contribution < 1.29 is 4.42 Å². The maximum atomic E-state index is 13.2. The van der Waals surface area contributed by atoms with E-state index in [9.17, 15) is 14.9 Å². The van der Waals surface area contributed by atoms with Gasteiger partial charge < -0.3 is 14.3 Å². The molecule has 0 aliphatic carbocycles. The molecule has 0 spiro atoms. The van der Waals surface area contributed by atoms with Crippen molar-refractivity contribution in [2.75, 3.05) is 5.32 Å². The molecule has 1 atom stereocenters. The summed E-state index contributed by atoms with van der Waals surface area (Å²) in [4.78, 5) is 25.6. The minimum Gasteiger partial charge on any atom is -0.461 e. The molecule has 1 unspecified atom stereocenters. The first-order valence-electron chi connectivity index (χ1n) is 9.10. The van der Waals surface area contributed by atoms with Crippen molar-refractivity contribution in [3.63, 3.8) is 0 Å². The van der Waals surface area contributed by atoms with Crippen LogP contribution in [0.15, 0.2) is 61.8 Å². The highest BCUT2D eigenvalue weighted by Gasteiger charge is 2.33. The predicted molar refractivity (Wildman–Crippen MR) is 107 cm³/mol. The number of aromatic nitrogens is 1. The minimum absolute atomic E-state index is 0.145. The number of fused-ring (bicyclic) bond motifs is 2. The molecule has 0 amide bonds. The second-order valence-corrected chi connectivity index (χ2v) is 6.89. The number of rotatable bonds is 2. The number of anilines is 1. The lowest BCUT2D eigenvalue weighted by Crippen LogP contribution is -2.30.